The van der Waals surface area contributed by atoms with Crippen LogP contribution in [0.15, 0.2) is 53.5 Å². The lowest BCUT2D eigenvalue weighted by molar-refractivity contribution is 0.103. The van der Waals surface area contributed by atoms with E-state index in [1.807, 2.05) is 49.5 Å². The van der Waals surface area contributed by atoms with Gasteiger partial charge in [0.15, 0.2) is 11.6 Å². The molecule has 1 aliphatic heterocycles. The lowest BCUT2D eigenvalue weighted by atomic mass is 9.98. The van der Waals surface area contributed by atoms with Gasteiger partial charge in [-0.25, -0.2) is 0 Å². The van der Waals surface area contributed by atoms with Crippen LogP contribution in [0.3, 0.4) is 0 Å². The zero-order valence-corrected chi connectivity index (χ0v) is 25.7. The maximum Gasteiger partial charge on any atom is 0.274 e. The van der Waals surface area contributed by atoms with E-state index in [4.69, 9.17) is 0 Å². The van der Waals surface area contributed by atoms with Crippen molar-refractivity contribution in [3.05, 3.63) is 79.9 Å². The van der Waals surface area contributed by atoms with Crippen molar-refractivity contribution in [2.45, 2.75) is 44.9 Å². The van der Waals surface area contributed by atoms with Crippen LogP contribution in [0.2, 0.25) is 0 Å². The van der Waals surface area contributed by atoms with Crippen LogP contribution in [0.5, 0.6) is 0 Å². The van der Waals surface area contributed by atoms with E-state index in [1.165, 1.54) is 29.7 Å². The average molecular weight is 596 g/mol. The van der Waals surface area contributed by atoms with E-state index in [2.05, 4.69) is 43.6 Å². The molecule has 2 fully saturated rings. The third kappa shape index (κ3) is 5.23. The van der Waals surface area contributed by atoms with Gasteiger partial charge < -0.3 is 25.0 Å². The number of benzene rings is 1. The summed E-state index contributed by atoms with van der Waals surface area (Å²) in [5.74, 6) is 2.59. The summed E-state index contributed by atoms with van der Waals surface area (Å²) < 4.78 is 1.57. The molecular weight excluding hydrogens is 558 g/mol. The molecule has 2 N–H and O–H groups in total. The first-order chi connectivity index (χ1) is 20.9. The van der Waals surface area contributed by atoms with Crippen LogP contribution in [0.1, 0.15) is 63.7 Å². The van der Waals surface area contributed by atoms with E-state index >= 15 is 0 Å². The number of amides is 1. The van der Waals surface area contributed by atoms with Crippen LogP contribution in [0.25, 0.3) is 11.1 Å². The number of anilines is 4. The van der Waals surface area contributed by atoms with Gasteiger partial charge >= 0.3 is 0 Å². The number of piperazine rings is 1. The van der Waals surface area contributed by atoms with Gasteiger partial charge in [-0.2, -0.15) is 0 Å². The molecular formula is C33H37N7O2S. The molecule has 0 radical (unpaired) electrons. The summed E-state index contributed by atoms with van der Waals surface area (Å²) in [6, 6.07) is 13.7. The van der Waals surface area contributed by atoms with Crippen LogP contribution in [0.4, 0.5) is 23.0 Å². The lowest BCUT2D eigenvalue weighted by Gasteiger charge is -2.34. The van der Waals surface area contributed by atoms with Crippen molar-refractivity contribution in [2.75, 3.05) is 48.3 Å². The molecule has 0 spiro atoms. The van der Waals surface area contributed by atoms with Gasteiger partial charge in [-0.1, -0.05) is 19.1 Å². The van der Waals surface area contributed by atoms with E-state index in [0.29, 0.717) is 23.3 Å². The number of nitrogens with one attached hydrogen (secondary N) is 2. The fourth-order valence-electron chi connectivity index (χ4n) is 6.88. The van der Waals surface area contributed by atoms with E-state index in [9.17, 15) is 9.59 Å². The van der Waals surface area contributed by atoms with Crippen molar-refractivity contribution >= 4 is 40.3 Å². The van der Waals surface area contributed by atoms with Crippen LogP contribution in [0, 0.1) is 6.92 Å². The van der Waals surface area contributed by atoms with E-state index in [0.717, 1.165) is 65.8 Å². The Morgan fingerprint density at radius 1 is 1.02 bits per heavy atom. The Labute approximate surface area is 255 Å². The summed E-state index contributed by atoms with van der Waals surface area (Å²) in [5.41, 5.74) is 5.16. The van der Waals surface area contributed by atoms with Gasteiger partial charge in [0.1, 0.15) is 5.69 Å². The standard InChI is InChI=1S/C33H37N7O2S/c1-4-39-12-14-40(15-13-39)30-11-10-29(36-37-30)34-27-17-23(19-38(3)33(27)42)24-6-5-7-26(20(24)2)35-32(41)28-18-25-21-8-9-22(16-21)31(25)43-28/h5-7,10-11,17-19,21-22H,4,8-9,12-16H2,1-3H3,(H,34,36)(H,35,41). The first-order valence-electron chi connectivity index (χ1n) is 15.2. The summed E-state index contributed by atoms with van der Waals surface area (Å²) in [5, 5.41) is 15.2. The van der Waals surface area contributed by atoms with Gasteiger partial charge in [0, 0.05) is 55.6 Å². The highest BCUT2D eigenvalue weighted by Crippen LogP contribution is 2.56. The third-order valence-corrected chi connectivity index (χ3v) is 10.7. The van der Waals surface area contributed by atoms with Gasteiger partial charge in [-0.15, -0.1) is 21.5 Å². The minimum atomic E-state index is -0.160. The molecule has 9 nitrogen and oxygen atoms in total. The molecule has 3 aromatic heterocycles. The summed E-state index contributed by atoms with van der Waals surface area (Å²) in [6.45, 7) is 9.13. The van der Waals surface area contributed by atoms with Gasteiger partial charge in [-0.3, -0.25) is 9.59 Å². The molecule has 2 atom stereocenters. The first-order valence-corrected chi connectivity index (χ1v) is 16.0. The molecule has 7 rings (SSSR count). The van der Waals surface area contributed by atoms with Crippen LogP contribution in [-0.4, -0.2) is 58.3 Å². The molecule has 10 heteroatoms. The zero-order chi connectivity index (χ0) is 29.7. The predicted molar refractivity (Wildman–Crippen MR) is 173 cm³/mol. The highest BCUT2D eigenvalue weighted by atomic mass is 32.1. The van der Waals surface area contributed by atoms with Gasteiger partial charge in [0.2, 0.25) is 0 Å². The van der Waals surface area contributed by atoms with Gasteiger partial charge in [-0.05, 0) is 91.6 Å². The maximum absolute atomic E-state index is 13.3. The number of carbonyl (C=O) groups excluding carboxylic acids is 1. The molecule has 1 saturated carbocycles. The summed E-state index contributed by atoms with van der Waals surface area (Å²) in [4.78, 5) is 33.2. The maximum atomic E-state index is 13.3. The van der Waals surface area contributed by atoms with Crippen LogP contribution < -0.4 is 21.1 Å². The second kappa shape index (κ2) is 11.2. The van der Waals surface area contributed by atoms with Crippen molar-refractivity contribution in [2.24, 2.45) is 7.05 Å². The second-order valence-corrected chi connectivity index (χ2v) is 13.0. The van der Waals surface area contributed by atoms with E-state index in [1.54, 1.807) is 23.0 Å². The zero-order valence-electron chi connectivity index (χ0n) is 24.9. The van der Waals surface area contributed by atoms with Crippen molar-refractivity contribution in [1.82, 2.24) is 19.7 Å². The first kappa shape index (κ1) is 27.8. The topological polar surface area (TPSA) is 95.4 Å². The van der Waals surface area contributed by atoms with E-state index < -0.39 is 0 Å². The largest absolute Gasteiger partial charge is 0.353 e. The third-order valence-electron chi connectivity index (χ3n) is 9.39. The number of likely N-dealkylation sites (N-methyl/N-ethyl adjacent to an activating group) is 1. The van der Waals surface area contributed by atoms with Gasteiger partial charge in [0.05, 0.1) is 4.88 Å². The molecule has 1 amide bonds. The molecule has 4 heterocycles. The predicted octanol–water partition coefficient (Wildman–Crippen LogP) is 5.71. The lowest BCUT2D eigenvalue weighted by Crippen LogP contribution is -2.46. The number of pyridine rings is 1. The SMILES string of the molecule is CCN1CCN(c2ccc(Nc3cc(-c4cccc(NC(=O)c5cc6c(s5)C5CCC6C5)c4C)cn(C)c3=O)nn2)CC1. The molecule has 4 aromatic rings. The molecule has 222 valence electrons. The Kier molecular flexibility index (Phi) is 7.26. The van der Waals surface area contributed by atoms with Crippen molar-refractivity contribution in [1.29, 1.82) is 0 Å². The van der Waals surface area contributed by atoms with Gasteiger partial charge in [0.25, 0.3) is 11.5 Å². The smallest absolute Gasteiger partial charge is 0.274 e. The molecule has 1 aromatic carbocycles. The fourth-order valence-corrected chi connectivity index (χ4v) is 8.17. The number of carbonyl (C=O) groups is 1. The number of thiophene rings is 1. The normalized spacial score (nSPS) is 19.5. The van der Waals surface area contributed by atoms with Crippen molar-refractivity contribution in [3.63, 3.8) is 0 Å². The second-order valence-electron chi connectivity index (χ2n) is 12.0. The summed E-state index contributed by atoms with van der Waals surface area (Å²) >= 11 is 1.66. The molecule has 1 saturated heterocycles. The Balaban J connectivity index is 1.09. The Hall–Kier alpha value is -4.02. The number of aromatic nitrogens is 3. The number of nitrogens with zero attached hydrogens (tertiary/aromatic N) is 5. The fraction of sp³-hybridized carbons (Fsp3) is 0.394. The minimum Gasteiger partial charge on any atom is -0.353 e. The average Bonchev–Trinajstić information content (AvgIpc) is 3.76. The number of hydrogen-bond acceptors (Lipinski definition) is 8. The van der Waals surface area contributed by atoms with Crippen LogP contribution >= 0.6 is 11.3 Å². The highest BCUT2D eigenvalue weighted by molar-refractivity contribution is 7.14. The van der Waals surface area contributed by atoms with E-state index in [-0.39, 0.29) is 11.5 Å². The monoisotopic (exact) mass is 595 g/mol. The number of hydrogen-bond donors (Lipinski definition) is 2. The Morgan fingerprint density at radius 2 is 1.84 bits per heavy atom. The van der Waals surface area contributed by atoms with Crippen molar-refractivity contribution in [3.8, 4) is 11.1 Å². The quantitative estimate of drug-likeness (QED) is 0.282. The molecule has 43 heavy (non-hydrogen) atoms. The number of rotatable bonds is 7. The highest BCUT2D eigenvalue weighted by Gasteiger charge is 2.39. The molecule has 3 aliphatic rings. The molecule has 2 aliphatic carbocycles. The Morgan fingerprint density at radius 3 is 2.58 bits per heavy atom. The summed E-state index contributed by atoms with van der Waals surface area (Å²) in [6.07, 6.45) is 5.59. The molecule has 2 bridgehead atoms. The number of aryl methyl sites for hydroxylation is 1. The minimum absolute atomic E-state index is 0.0591. The van der Waals surface area contributed by atoms with Crippen molar-refractivity contribution < 1.29 is 4.79 Å². The van der Waals surface area contributed by atoms with Crippen LogP contribution in [-0.2, 0) is 7.05 Å². The Bertz CT molecular complexity index is 1710. The molecule has 2 unspecified atom stereocenters. The summed E-state index contributed by atoms with van der Waals surface area (Å²) in [7, 11) is 1.74. The number of fused-ring (bicyclic) bond motifs is 5.